The minimum atomic E-state index is -0.251. The maximum atomic E-state index is 13.8. The Morgan fingerprint density at radius 2 is 1.60 bits per heavy atom. The van der Waals surface area contributed by atoms with E-state index in [0.29, 0.717) is 0 Å². The van der Waals surface area contributed by atoms with Gasteiger partial charge in [0.1, 0.15) is 0 Å². The number of nitrogens with zero attached hydrogens (tertiary/aromatic N) is 1. The molecule has 2 aliphatic heterocycles. The third kappa shape index (κ3) is 2.68. The number of para-hydroxylation sites is 3. The van der Waals surface area contributed by atoms with Gasteiger partial charge in [0.25, 0.3) is 0 Å². The summed E-state index contributed by atoms with van der Waals surface area (Å²) in [7, 11) is 0. The average Bonchev–Trinajstić information content (AvgIpc) is 3.29. The fourth-order valence-electron chi connectivity index (χ4n) is 5.01. The number of carbonyl (C=O) groups excluding carboxylic acids is 1. The van der Waals surface area contributed by atoms with Crippen molar-refractivity contribution in [3.05, 3.63) is 95.7 Å². The summed E-state index contributed by atoms with van der Waals surface area (Å²) in [6.07, 6.45) is 0.973. The molecule has 0 saturated carbocycles. The standard InChI is InChI=1S/C25H21N3O.ClH/c29-25-22(19-11-5-7-13-21(19)28(25)16-8-2-1-3-9-16)24-23-18(14-15-26-24)17-10-4-6-12-20(17)27-23;/h1-13,22,24,26-27H,14-15H2;1H. The zero-order valence-corrected chi connectivity index (χ0v) is 17.2. The number of aromatic nitrogens is 1. The molecule has 0 bridgehead atoms. The van der Waals surface area contributed by atoms with Crippen LogP contribution in [0.1, 0.15) is 28.8 Å². The number of carbonyl (C=O) groups is 1. The second-order valence-corrected chi connectivity index (χ2v) is 7.79. The molecule has 1 amide bonds. The van der Waals surface area contributed by atoms with Gasteiger partial charge in [0, 0.05) is 22.3 Å². The lowest BCUT2D eigenvalue weighted by Gasteiger charge is -2.29. The smallest absolute Gasteiger partial charge is 0.241 e. The summed E-state index contributed by atoms with van der Waals surface area (Å²) < 4.78 is 0. The number of hydrogen-bond acceptors (Lipinski definition) is 2. The summed E-state index contributed by atoms with van der Waals surface area (Å²) >= 11 is 0. The number of nitrogens with one attached hydrogen (secondary N) is 2. The molecule has 3 aromatic carbocycles. The van der Waals surface area contributed by atoms with Gasteiger partial charge in [-0.05, 0) is 48.4 Å². The molecule has 2 N–H and O–H groups in total. The highest BCUT2D eigenvalue weighted by molar-refractivity contribution is 6.10. The van der Waals surface area contributed by atoms with Crippen LogP contribution in [-0.4, -0.2) is 17.4 Å². The molecule has 2 unspecified atom stereocenters. The predicted molar refractivity (Wildman–Crippen MR) is 123 cm³/mol. The first kappa shape index (κ1) is 18.9. The van der Waals surface area contributed by atoms with E-state index in [0.717, 1.165) is 41.1 Å². The highest BCUT2D eigenvalue weighted by atomic mass is 35.5. The SMILES string of the molecule is Cl.O=C1C(C2NCCc3c2[nH]c2ccccc32)c2ccccc2N1c1ccccc1. The van der Waals surface area contributed by atoms with Gasteiger partial charge in [0.15, 0.2) is 0 Å². The van der Waals surface area contributed by atoms with Crippen molar-refractivity contribution in [3.8, 4) is 0 Å². The molecule has 3 heterocycles. The van der Waals surface area contributed by atoms with E-state index in [-0.39, 0.29) is 30.3 Å². The number of benzene rings is 3. The summed E-state index contributed by atoms with van der Waals surface area (Å²) in [6.45, 7) is 0.872. The topological polar surface area (TPSA) is 48.1 Å². The zero-order valence-electron chi connectivity index (χ0n) is 16.3. The summed E-state index contributed by atoms with van der Waals surface area (Å²) in [5.74, 6) is -0.125. The molecule has 2 aliphatic rings. The quantitative estimate of drug-likeness (QED) is 0.470. The molecule has 0 fully saturated rings. The average molecular weight is 416 g/mol. The molecule has 5 heteroatoms. The minimum absolute atomic E-state index is 0. The van der Waals surface area contributed by atoms with E-state index in [9.17, 15) is 4.79 Å². The van der Waals surface area contributed by atoms with Crippen molar-refractivity contribution in [3.63, 3.8) is 0 Å². The monoisotopic (exact) mass is 415 g/mol. The third-order valence-corrected chi connectivity index (χ3v) is 6.24. The van der Waals surface area contributed by atoms with Gasteiger partial charge in [-0.15, -0.1) is 12.4 Å². The number of amides is 1. The number of rotatable bonds is 2. The van der Waals surface area contributed by atoms with E-state index in [1.54, 1.807) is 0 Å². The molecule has 30 heavy (non-hydrogen) atoms. The Balaban J connectivity index is 0.00000193. The van der Waals surface area contributed by atoms with E-state index in [1.165, 1.54) is 10.9 Å². The molecule has 2 atom stereocenters. The van der Waals surface area contributed by atoms with E-state index in [1.807, 2.05) is 47.4 Å². The molecule has 4 nitrogen and oxygen atoms in total. The van der Waals surface area contributed by atoms with E-state index < -0.39 is 0 Å². The lowest BCUT2D eigenvalue weighted by Crippen LogP contribution is -2.37. The zero-order chi connectivity index (χ0) is 19.4. The summed E-state index contributed by atoms with van der Waals surface area (Å²) in [5.41, 5.74) is 6.63. The molecule has 150 valence electrons. The maximum absolute atomic E-state index is 13.8. The number of H-pyrrole nitrogens is 1. The van der Waals surface area contributed by atoms with Crippen molar-refractivity contribution in [2.24, 2.45) is 0 Å². The van der Waals surface area contributed by atoms with Crippen molar-refractivity contribution in [1.29, 1.82) is 0 Å². The van der Waals surface area contributed by atoms with Crippen molar-refractivity contribution in [2.45, 2.75) is 18.4 Å². The van der Waals surface area contributed by atoms with Gasteiger partial charge in [0.05, 0.1) is 17.6 Å². The Morgan fingerprint density at radius 3 is 2.47 bits per heavy atom. The number of hydrogen-bond donors (Lipinski definition) is 2. The predicted octanol–water partition coefficient (Wildman–Crippen LogP) is 5.24. The first-order chi connectivity index (χ1) is 14.3. The van der Waals surface area contributed by atoms with E-state index >= 15 is 0 Å². The lowest BCUT2D eigenvalue weighted by atomic mass is 9.86. The summed E-state index contributed by atoms with van der Waals surface area (Å²) in [6, 6.07) is 26.5. The summed E-state index contributed by atoms with van der Waals surface area (Å²) in [4.78, 5) is 19.2. The van der Waals surface area contributed by atoms with Crippen molar-refractivity contribution in [1.82, 2.24) is 10.3 Å². The minimum Gasteiger partial charge on any atom is -0.357 e. The van der Waals surface area contributed by atoms with Crippen LogP contribution in [-0.2, 0) is 11.2 Å². The Kier molecular flexibility index (Phi) is 4.61. The number of halogens is 1. The van der Waals surface area contributed by atoms with Crippen LogP contribution in [0.25, 0.3) is 10.9 Å². The first-order valence-corrected chi connectivity index (χ1v) is 10.1. The molecule has 1 aromatic heterocycles. The van der Waals surface area contributed by atoms with E-state index in [4.69, 9.17) is 0 Å². The largest absolute Gasteiger partial charge is 0.357 e. The van der Waals surface area contributed by atoms with Crippen LogP contribution in [0.2, 0.25) is 0 Å². The van der Waals surface area contributed by atoms with E-state index in [2.05, 4.69) is 46.7 Å². The van der Waals surface area contributed by atoms with Crippen LogP contribution >= 0.6 is 12.4 Å². The Morgan fingerprint density at radius 1 is 0.867 bits per heavy atom. The molecule has 0 saturated heterocycles. The first-order valence-electron chi connectivity index (χ1n) is 10.1. The Hall–Kier alpha value is -3.08. The summed E-state index contributed by atoms with van der Waals surface area (Å²) in [5, 5.41) is 4.91. The van der Waals surface area contributed by atoms with Gasteiger partial charge in [-0.3, -0.25) is 9.69 Å². The second-order valence-electron chi connectivity index (χ2n) is 7.79. The number of fused-ring (bicyclic) bond motifs is 4. The van der Waals surface area contributed by atoms with Gasteiger partial charge in [-0.1, -0.05) is 54.6 Å². The number of aromatic amines is 1. The molecule has 0 spiro atoms. The third-order valence-electron chi connectivity index (χ3n) is 6.24. The maximum Gasteiger partial charge on any atom is 0.241 e. The van der Waals surface area contributed by atoms with Gasteiger partial charge in [-0.25, -0.2) is 0 Å². The van der Waals surface area contributed by atoms with Crippen LogP contribution < -0.4 is 10.2 Å². The highest BCUT2D eigenvalue weighted by Gasteiger charge is 2.44. The van der Waals surface area contributed by atoms with Gasteiger partial charge >= 0.3 is 0 Å². The second kappa shape index (κ2) is 7.31. The fourth-order valence-corrected chi connectivity index (χ4v) is 5.01. The van der Waals surface area contributed by atoms with Crippen molar-refractivity contribution >= 4 is 40.6 Å². The Bertz CT molecular complexity index is 1230. The molecule has 0 radical (unpaired) electrons. The highest BCUT2D eigenvalue weighted by Crippen LogP contribution is 2.48. The molecular weight excluding hydrogens is 394 g/mol. The Labute approximate surface area is 181 Å². The number of anilines is 2. The molecular formula is C25H22ClN3O. The van der Waals surface area contributed by atoms with Crippen LogP contribution in [0.4, 0.5) is 11.4 Å². The normalized spacial score (nSPS) is 20.0. The molecule has 4 aromatic rings. The van der Waals surface area contributed by atoms with Crippen molar-refractivity contribution < 1.29 is 4.79 Å². The van der Waals surface area contributed by atoms with Gasteiger partial charge in [-0.2, -0.15) is 0 Å². The van der Waals surface area contributed by atoms with Gasteiger partial charge in [0.2, 0.25) is 5.91 Å². The lowest BCUT2D eigenvalue weighted by molar-refractivity contribution is -0.119. The fraction of sp³-hybridized carbons (Fsp3) is 0.160. The van der Waals surface area contributed by atoms with Crippen LogP contribution in [0, 0.1) is 0 Å². The van der Waals surface area contributed by atoms with Crippen LogP contribution in [0.5, 0.6) is 0 Å². The molecule has 0 aliphatic carbocycles. The van der Waals surface area contributed by atoms with Crippen LogP contribution in [0.15, 0.2) is 78.9 Å². The van der Waals surface area contributed by atoms with Crippen molar-refractivity contribution in [2.75, 3.05) is 11.4 Å². The van der Waals surface area contributed by atoms with Gasteiger partial charge < -0.3 is 10.3 Å². The molecule has 6 rings (SSSR count). The van der Waals surface area contributed by atoms with Crippen LogP contribution in [0.3, 0.4) is 0 Å².